The molecule has 0 atom stereocenters. The zero-order valence-corrected chi connectivity index (χ0v) is 12.4. The first-order valence-corrected chi connectivity index (χ1v) is 6.52. The maximum Gasteiger partial charge on any atom is 0.352 e. The maximum absolute atomic E-state index is 11.8. The highest BCUT2D eigenvalue weighted by Crippen LogP contribution is 2.20. The van der Waals surface area contributed by atoms with E-state index in [2.05, 4.69) is 32.7 Å². The number of ether oxygens (including phenoxy) is 1. The molecule has 0 spiro atoms. The van der Waals surface area contributed by atoms with Gasteiger partial charge < -0.3 is 10.1 Å². The average molecular weight is 306 g/mol. The molecule has 1 heterocycles. The van der Waals surface area contributed by atoms with E-state index < -0.39 is 11.7 Å². The fourth-order valence-corrected chi connectivity index (χ4v) is 2.07. The number of esters is 1. The van der Waals surface area contributed by atoms with Crippen LogP contribution < -0.4 is 11.0 Å². The lowest BCUT2D eigenvalue weighted by Crippen LogP contribution is -2.25. The van der Waals surface area contributed by atoms with Crippen molar-refractivity contribution in [2.75, 3.05) is 19.5 Å². The number of nitrogens with zero attached hydrogens (tertiary/aromatic N) is 3. The molecular weight excluding hydrogens is 292 g/mol. The van der Waals surface area contributed by atoms with E-state index in [1.54, 1.807) is 25.2 Å². The number of anilines is 1. The van der Waals surface area contributed by atoms with Crippen molar-refractivity contribution in [3.8, 4) is 0 Å². The molecule has 1 N–H and O–H groups in total. The monoisotopic (exact) mass is 306 g/mol. The van der Waals surface area contributed by atoms with E-state index in [4.69, 9.17) is 0 Å². The molecule has 0 aliphatic carbocycles. The molecule has 0 amide bonds. The summed E-state index contributed by atoms with van der Waals surface area (Å²) >= 11 is 4.34. The fraction of sp³-hybridized carbons (Fsp3) is 0.231. The molecule has 2 rings (SSSR count). The number of benzene rings is 1. The minimum Gasteiger partial charge on any atom is -0.465 e. The normalized spacial score (nSPS) is 10.2. The van der Waals surface area contributed by atoms with Crippen molar-refractivity contribution in [3.63, 3.8) is 0 Å². The van der Waals surface area contributed by atoms with Crippen molar-refractivity contribution in [2.45, 2.75) is 11.4 Å². The highest BCUT2D eigenvalue weighted by atomic mass is 32.1. The van der Waals surface area contributed by atoms with E-state index in [0.717, 1.165) is 0 Å². The summed E-state index contributed by atoms with van der Waals surface area (Å²) in [6.45, 7) is 0.215. The van der Waals surface area contributed by atoms with E-state index in [9.17, 15) is 9.59 Å². The third-order valence-electron chi connectivity index (χ3n) is 2.86. The summed E-state index contributed by atoms with van der Waals surface area (Å²) < 4.78 is 6.02. The SMILES string of the molecule is CNc1ncn(Cc2cccc(C(=O)OC)c2S)c(=O)n1. The lowest BCUT2D eigenvalue weighted by molar-refractivity contribution is 0.0596. The van der Waals surface area contributed by atoms with Gasteiger partial charge in [-0.05, 0) is 11.6 Å². The smallest absolute Gasteiger partial charge is 0.352 e. The Morgan fingerprint density at radius 1 is 1.48 bits per heavy atom. The van der Waals surface area contributed by atoms with E-state index >= 15 is 0 Å². The molecule has 1 aromatic carbocycles. The molecule has 2 aromatic rings. The van der Waals surface area contributed by atoms with Crippen LogP contribution in [0.3, 0.4) is 0 Å². The summed E-state index contributed by atoms with van der Waals surface area (Å²) in [6, 6.07) is 5.09. The predicted molar refractivity (Wildman–Crippen MR) is 80.0 cm³/mol. The topological polar surface area (TPSA) is 86.1 Å². The van der Waals surface area contributed by atoms with Gasteiger partial charge in [-0.15, -0.1) is 12.6 Å². The van der Waals surface area contributed by atoms with Gasteiger partial charge in [0.25, 0.3) is 0 Å². The van der Waals surface area contributed by atoms with Crippen LogP contribution in [0.15, 0.2) is 34.2 Å². The van der Waals surface area contributed by atoms with Gasteiger partial charge in [-0.2, -0.15) is 4.98 Å². The largest absolute Gasteiger partial charge is 0.465 e. The van der Waals surface area contributed by atoms with Crippen LogP contribution in [0, 0.1) is 0 Å². The van der Waals surface area contributed by atoms with Crippen LogP contribution in [0.25, 0.3) is 0 Å². The Kier molecular flexibility index (Phi) is 4.59. The van der Waals surface area contributed by atoms with Crippen LogP contribution in [0.2, 0.25) is 0 Å². The quantitative estimate of drug-likeness (QED) is 0.642. The third-order valence-corrected chi connectivity index (χ3v) is 3.38. The van der Waals surface area contributed by atoms with Crippen LogP contribution >= 0.6 is 12.6 Å². The minimum absolute atomic E-state index is 0.215. The number of hydrogen-bond donors (Lipinski definition) is 2. The average Bonchev–Trinajstić information content (AvgIpc) is 2.50. The molecular formula is C13H14N4O3S. The number of methoxy groups -OCH3 is 1. The first kappa shape index (κ1) is 15.0. The van der Waals surface area contributed by atoms with Gasteiger partial charge in [0.2, 0.25) is 5.95 Å². The van der Waals surface area contributed by atoms with Crippen LogP contribution in [0.4, 0.5) is 5.95 Å². The summed E-state index contributed by atoms with van der Waals surface area (Å²) in [6.07, 6.45) is 1.39. The van der Waals surface area contributed by atoms with Crippen molar-refractivity contribution < 1.29 is 9.53 Å². The van der Waals surface area contributed by atoms with Gasteiger partial charge in [-0.3, -0.25) is 4.57 Å². The van der Waals surface area contributed by atoms with Crippen molar-refractivity contribution in [1.29, 1.82) is 0 Å². The fourth-order valence-electron chi connectivity index (χ4n) is 1.76. The second-order valence-corrected chi connectivity index (χ2v) is 4.59. The minimum atomic E-state index is -0.476. The van der Waals surface area contributed by atoms with Gasteiger partial charge in [0.05, 0.1) is 19.2 Å². The van der Waals surface area contributed by atoms with Gasteiger partial charge in [-0.1, -0.05) is 12.1 Å². The van der Waals surface area contributed by atoms with E-state index in [-0.39, 0.29) is 12.5 Å². The predicted octanol–water partition coefficient (Wildman–Crippen LogP) is 0.804. The number of nitrogens with one attached hydrogen (secondary N) is 1. The zero-order valence-electron chi connectivity index (χ0n) is 11.5. The third kappa shape index (κ3) is 3.22. The Balaban J connectivity index is 2.36. The molecule has 0 bridgehead atoms. The van der Waals surface area contributed by atoms with Crippen LogP contribution in [-0.2, 0) is 11.3 Å². The Bertz CT molecular complexity index is 730. The van der Waals surface area contributed by atoms with Gasteiger partial charge >= 0.3 is 11.7 Å². The molecule has 0 aliphatic heterocycles. The molecule has 0 fully saturated rings. The number of hydrogen-bond acceptors (Lipinski definition) is 7. The number of aromatic nitrogens is 3. The lowest BCUT2D eigenvalue weighted by atomic mass is 10.1. The second kappa shape index (κ2) is 6.40. The molecule has 110 valence electrons. The van der Waals surface area contributed by atoms with E-state index in [1.165, 1.54) is 18.0 Å². The first-order chi connectivity index (χ1) is 10.1. The first-order valence-electron chi connectivity index (χ1n) is 6.07. The Labute approximate surface area is 126 Å². The van der Waals surface area contributed by atoms with Crippen LogP contribution in [0.1, 0.15) is 15.9 Å². The Morgan fingerprint density at radius 3 is 2.86 bits per heavy atom. The van der Waals surface area contributed by atoms with Gasteiger partial charge in [0.15, 0.2) is 0 Å². The zero-order chi connectivity index (χ0) is 15.4. The number of carbonyl (C=O) groups excluding carboxylic acids is 1. The molecule has 0 saturated carbocycles. The van der Waals surface area contributed by atoms with Gasteiger partial charge in [0, 0.05) is 11.9 Å². The second-order valence-electron chi connectivity index (χ2n) is 4.15. The van der Waals surface area contributed by atoms with Gasteiger partial charge in [0.1, 0.15) is 6.33 Å². The van der Waals surface area contributed by atoms with Gasteiger partial charge in [-0.25, -0.2) is 14.6 Å². The van der Waals surface area contributed by atoms with E-state index in [0.29, 0.717) is 16.0 Å². The Morgan fingerprint density at radius 2 is 2.24 bits per heavy atom. The molecule has 0 radical (unpaired) electrons. The number of rotatable bonds is 4. The summed E-state index contributed by atoms with van der Waals surface area (Å²) in [5, 5.41) is 2.69. The number of thiol groups is 1. The van der Waals surface area contributed by atoms with Crippen molar-refractivity contribution in [1.82, 2.24) is 14.5 Å². The van der Waals surface area contributed by atoms with Crippen molar-refractivity contribution in [2.24, 2.45) is 0 Å². The van der Waals surface area contributed by atoms with E-state index in [1.807, 2.05) is 0 Å². The van der Waals surface area contributed by atoms with Crippen LogP contribution in [0.5, 0.6) is 0 Å². The summed E-state index contributed by atoms with van der Waals surface area (Å²) in [5.41, 5.74) is 0.605. The Hall–Kier alpha value is -2.35. The molecule has 8 heteroatoms. The highest BCUT2D eigenvalue weighted by molar-refractivity contribution is 7.80. The molecule has 7 nitrogen and oxygen atoms in total. The van der Waals surface area contributed by atoms with Crippen molar-refractivity contribution in [3.05, 3.63) is 46.1 Å². The summed E-state index contributed by atoms with van der Waals surface area (Å²) in [4.78, 5) is 31.7. The highest BCUT2D eigenvalue weighted by Gasteiger charge is 2.13. The molecule has 1 aromatic heterocycles. The van der Waals surface area contributed by atoms with Crippen molar-refractivity contribution >= 4 is 24.5 Å². The summed E-state index contributed by atoms with van der Waals surface area (Å²) in [5.74, 6) is -0.221. The molecule has 0 unspecified atom stereocenters. The molecule has 0 aliphatic rings. The summed E-state index contributed by atoms with van der Waals surface area (Å²) in [7, 11) is 2.93. The molecule has 21 heavy (non-hydrogen) atoms. The van der Waals surface area contributed by atoms with Crippen LogP contribution in [-0.4, -0.2) is 34.7 Å². The number of carbonyl (C=O) groups is 1. The maximum atomic E-state index is 11.8. The standard InChI is InChI=1S/C13H14N4O3S/c1-14-12-15-7-17(13(19)16-12)6-8-4-3-5-9(10(8)21)11(18)20-2/h3-5,7,21H,6H2,1-2H3,(H,14,16,19). The lowest BCUT2D eigenvalue weighted by Gasteiger charge is -2.10. The molecule has 0 saturated heterocycles.